The van der Waals surface area contributed by atoms with Crippen LogP contribution >= 0.6 is 11.8 Å². The Bertz CT molecular complexity index is 978. The maximum Gasteiger partial charge on any atom is 0.321 e. The van der Waals surface area contributed by atoms with Crippen LogP contribution in [0.15, 0.2) is 78.9 Å². The van der Waals surface area contributed by atoms with E-state index in [1.165, 1.54) is 0 Å². The van der Waals surface area contributed by atoms with Gasteiger partial charge in [0.2, 0.25) is 0 Å². The van der Waals surface area contributed by atoms with Gasteiger partial charge in [0.25, 0.3) is 0 Å². The van der Waals surface area contributed by atoms with Crippen molar-refractivity contribution >= 4 is 17.7 Å². The molecule has 0 aliphatic carbocycles. The van der Waals surface area contributed by atoms with Gasteiger partial charge in [0, 0.05) is 11.3 Å². The molecule has 0 saturated carbocycles. The number of carbonyl (C=O) groups is 1. The Hall–Kier alpha value is -2.96. The number of nitrogens with one attached hydrogen (secondary N) is 1. The Labute approximate surface area is 180 Å². The Balaban J connectivity index is 1.28. The highest BCUT2D eigenvalue weighted by atomic mass is 32.2. The van der Waals surface area contributed by atoms with E-state index in [0.29, 0.717) is 19.0 Å². The molecular weight excluding hydrogens is 398 g/mol. The van der Waals surface area contributed by atoms with Crippen molar-refractivity contribution in [3.05, 3.63) is 84.4 Å². The van der Waals surface area contributed by atoms with Crippen LogP contribution in [0.5, 0.6) is 11.5 Å². The molecule has 2 unspecified atom stereocenters. The lowest BCUT2D eigenvalue weighted by molar-refractivity contribution is -0.138. The van der Waals surface area contributed by atoms with Gasteiger partial charge in [0.15, 0.2) is 0 Å². The Morgan fingerprint density at radius 1 is 0.933 bits per heavy atom. The summed E-state index contributed by atoms with van der Waals surface area (Å²) in [4.78, 5) is 11.1. The standard InChI is InChI=1S/C24H23NO4S/c26-24(27)21-16-30-23(25-21)18-10-12-19(13-11-18)28-14-15-29-22-9-5-4-8-20(22)17-6-2-1-3-7-17/h1-13,21,23,25H,14-16H2,(H,26,27). The first-order chi connectivity index (χ1) is 14.7. The summed E-state index contributed by atoms with van der Waals surface area (Å²) in [5.41, 5.74) is 3.22. The molecule has 1 heterocycles. The van der Waals surface area contributed by atoms with Gasteiger partial charge in [-0.05, 0) is 29.3 Å². The van der Waals surface area contributed by atoms with E-state index in [4.69, 9.17) is 14.6 Å². The average molecular weight is 422 g/mol. The maximum atomic E-state index is 11.1. The zero-order chi connectivity index (χ0) is 20.8. The predicted octanol–water partition coefficient (Wildman–Crippen LogP) is 4.60. The predicted molar refractivity (Wildman–Crippen MR) is 119 cm³/mol. The lowest BCUT2D eigenvalue weighted by Gasteiger charge is -2.14. The third kappa shape index (κ3) is 4.96. The fraction of sp³-hybridized carbons (Fsp3) is 0.208. The second-order valence-electron chi connectivity index (χ2n) is 6.90. The number of benzene rings is 3. The summed E-state index contributed by atoms with van der Waals surface area (Å²) >= 11 is 1.60. The molecule has 0 aromatic heterocycles. The number of aliphatic carboxylic acids is 1. The van der Waals surface area contributed by atoms with Gasteiger partial charge < -0.3 is 14.6 Å². The van der Waals surface area contributed by atoms with Gasteiger partial charge in [-0.3, -0.25) is 10.1 Å². The third-order valence-corrected chi connectivity index (χ3v) is 6.11. The average Bonchev–Trinajstić information content (AvgIpc) is 3.29. The summed E-state index contributed by atoms with van der Waals surface area (Å²) < 4.78 is 11.8. The molecule has 1 fully saturated rings. The molecule has 1 aliphatic heterocycles. The van der Waals surface area contributed by atoms with Crippen LogP contribution in [0.3, 0.4) is 0 Å². The van der Waals surface area contributed by atoms with Crippen LogP contribution in [-0.2, 0) is 4.79 Å². The van der Waals surface area contributed by atoms with Gasteiger partial charge in [-0.25, -0.2) is 0 Å². The van der Waals surface area contributed by atoms with E-state index in [2.05, 4.69) is 17.4 Å². The molecule has 6 heteroatoms. The highest BCUT2D eigenvalue weighted by Crippen LogP contribution is 2.33. The van der Waals surface area contributed by atoms with E-state index in [1.54, 1.807) is 11.8 Å². The number of rotatable bonds is 8. The highest BCUT2D eigenvalue weighted by molar-refractivity contribution is 7.99. The molecule has 1 aliphatic rings. The second-order valence-corrected chi connectivity index (χ2v) is 8.04. The molecule has 4 rings (SSSR count). The van der Waals surface area contributed by atoms with Gasteiger partial charge in [0.05, 0.1) is 5.37 Å². The van der Waals surface area contributed by atoms with Gasteiger partial charge in [-0.15, -0.1) is 11.8 Å². The van der Waals surface area contributed by atoms with Crippen molar-refractivity contribution in [2.75, 3.05) is 19.0 Å². The summed E-state index contributed by atoms with van der Waals surface area (Å²) in [5, 5.41) is 12.2. The van der Waals surface area contributed by atoms with Crippen LogP contribution in [0.25, 0.3) is 11.1 Å². The van der Waals surface area contributed by atoms with E-state index in [9.17, 15) is 4.79 Å². The second kappa shape index (κ2) is 9.69. The molecule has 3 aromatic carbocycles. The minimum Gasteiger partial charge on any atom is -0.490 e. The molecular formula is C24H23NO4S. The van der Waals surface area contributed by atoms with Crippen molar-refractivity contribution in [1.29, 1.82) is 0 Å². The van der Waals surface area contributed by atoms with E-state index >= 15 is 0 Å². The Kier molecular flexibility index (Phi) is 6.57. The van der Waals surface area contributed by atoms with Crippen molar-refractivity contribution in [3.8, 4) is 22.6 Å². The van der Waals surface area contributed by atoms with Gasteiger partial charge in [-0.2, -0.15) is 0 Å². The van der Waals surface area contributed by atoms with E-state index in [-0.39, 0.29) is 5.37 Å². The maximum absolute atomic E-state index is 11.1. The smallest absolute Gasteiger partial charge is 0.321 e. The van der Waals surface area contributed by atoms with Crippen LogP contribution in [-0.4, -0.2) is 36.1 Å². The van der Waals surface area contributed by atoms with Crippen molar-refractivity contribution in [3.63, 3.8) is 0 Å². The van der Waals surface area contributed by atoms with Crippen molar-refractivity contribution in [1.82, 2.24) is 5.32 Å². The molecule has 0 spiro atoms. The fourth-order valence-corrected chi connectivity index (χ4v) is 4.54. The summed E-state index contributed by atoms with van der Waals surface area (Å²) in [6.07, 6.45) is 0. The molecule has 30 heavy (non-hydrogen) atoms. The number of ether oxygens (including phenoxy) is 2. The molecule has 5 nitrogen and oxygen atoms in total. The summed E-state index contributed by atoms with van der Waals surface area (Å²) in [6, 6.07) is 25.4. The zero-order valence-electron chi connectivity index (χ0n) is 16.4. The molecule has 0 amide bonds. The first-order valence-electron chi connectivity index (χ1n) is 9.81. The number of thioether (sulfide) groups is 1. The Morgan fingerprint density at radius 2 is 1.63 bits per heavy atom. The monoisotopic (exact) mass is 421 g/mol. The topological polar surface area (TPSA) is 67.8 Å². The van der Waals surface area contributed by atoms with Crippen molar-refractivity contribution < 1.29 is 19.4 Å². The van der Waals surface area contributed by atoms with Crippen LogP contribution in [0, 0.1) is 0 Å². The summed E-state index contributed by atoms with van der Waals surface area (Å²) in [5.74, 6) is 1.36. The Morgan fingerprint density at radius 3 is 2.37 bits per heavy atom. The summed E-state index contributed by atoms with van der Waals surface area (Å²) in [7, 11) is 0. The van der Waals surface area contributed by atoms with Crippen molar-refractivity contribution in [2.45, 2.75) is 11.4 Å². The van der Waals surface area contributed by atoms with E-state index in [1.807, 2.05) is 66.7 Å². The minimum atomic E-state index is -0.807. The lowest BCUT2D eigenvalue weighted by atomic mass is 10.1. The van der Waals surface area contributed by atoms with E-state index in [0.717, 1.165) is 28.2 Å². The first-order valence-corrected chi connectivity index (χ1v) is 10.9. The fourth-order valence-electron chi connectivity index (χ4n) is 3.31. The molecule has 1 saturated heterocycles. The number of carboxylic acids is 1. The lowest BCUT2D eigenvalue weighted by Crippen LogP contribution is -2.33. The van der Waals surface area contributed by atoms with Crippen LogP contribution < -0.4 is 14.8 Å². The van der Waals surface area contributed by atoms with Crippen molar-refractivity contribution in [2.24, 2.45) is 0 Å². The van der Waals surface area contributed by atoms with Gasteiger partial charge >= 0.3 is 5.97 Å². The highest BCUT2D eigenvalue weighted by Gasteiger charge is 2.30. The van der Waals surface area contributed by atoms with Gasteiger partial charge in [0.1, 0.15) is 30.8 Å². The molecule has 2 atom stereocenters. The SMILES string of the molecule is O=C(O)C1CSC(c2ccc(OCCOc3ccccc3-c3ccccc3)cc2)N1. The number of hydrogen-bond acceptors (Lipinski definition) is 5. The number of hydrogen-bond donors (Lipinski definition) is 2. The molecule has 154 valence electrons. The third-order valence-electron chi connectivity index (χ3n) is 4.84. The van der Waals surface area contributed by atoms with Gasteiger partial charge in [-0.1, -0.05) is 60.7 Å². The van der Waals surface area contributed by atoms with Crippen LogP contribution in [0.2, 0.25) is 0 Å². The normalized spacial score (nSPS) is 18.1. The molecule has 0 bridgehead atoms. The first kappa shape index (κ1) is 20.3. The number of carboxylic acid groups (broad SMARTS) is 1. The quantitative estimate of drug-likeness (QED) is 0.518. The molecule has 3 aromatic rings. The van der Waals surface area contributed by atoms with Crippen LogP contribution in [0.4, 0.5) is 0 Å². The number of para-hydroxylation sites is 1. The van der Waals surface area contributed by atoms with Crippen LogP contribution in [0.1, 0.15) is 10.9 Å². The summed E-state index contributed by atoms with van der Waals surface area (Å²) in [6.45, 7) is 0.867. The van der Waals surface area contributed by atoms with E-state index < -0.39 is 12.0 Å². The zero-order valence-corrected chi connectivity index (χ0v) is 17.2. The largest absolute Gasteiger partial charge is 0.490 e. The molecule has 0 radical (unpaired) electrons. The minimum absolute atomic E-state index is 0.00188. The molecule has 2 N–H and O–H groups in total.